The Labute approximate surface area is 97.9 Å². The third-order valence-corrected chi connectivity index (χ3v) is 2.55. The number of aryl methyl sites for hydroxylation is 1. The zero-order valence-corrected chi connectivity index (χ0v) is 9.63. The Balaban J connectivity index is 2.03. The van der Waals surface area contributed by atoms with Crippen LogP contribution >= 0.6 is 0 Å². The quantitative estimate of drug-likeness (QED) is 0.732. The number of nitrogens with zero attached hydrogens (tertiary/aromatic N) is 1. The van der Waals surface area contributed by atoms with Gasteiger partial charge in [-0.15, -0.1) is 0 Å². The highest BCUT2D eigenvalue weighted by molar-refractivity contribution is 5.89. The van der Waals surface area contributed by atoms with E-state index in [0.717, 1.165) is 12.8 Å². The Morgan fingerprint density at radius 2 is 2.24 bits per heavy atom. The zero-order chi connectivity index (χ0) is 12.4. The molecular formula is C11H13NO5. The van der Waals surface area contributed by atoms with Crippen LogP contribution in [0.4, 0.5) is 0 Å². The summed E-state index contributed by atoms with van der Waals surface area (Å²) in [5.74, 6) is -1.16. The summed E-state index contributed by atoms with van der Waals surface area (Å²) in [6, 6.07) is 1.46. The standard InChI is InChI=1S/C11H13NO5/c1-6-5-8(17-12-6)10(13)16-9(7-3-4-7)11(14)15-2/h5,7,9H,3-4H2,1-2H3. The van der Waals surface area contributed by atoms with Gasteiger partial charge in [-0.25, -0.2) is 9.59 Å². The Morgan fingerprint density at radius 1 is 1.53 bits per heavy atom. The van der Waals surface area contributed by atoms with Crippen LogP contribution in [0.15, 0.2) is 10.6 Å². The second-order valence-electron chi connectivity index (χ2n) is 4.02. The molecule has 6 heteroatoms. The number of esters is 2. The van der Waals surface area contributed by atoms with Crippen molar-refractivity contribution in [3.63, 3.8) is 0 Å². The molecule has 1 heterocycles. The molecule has 17 heavy (non-hydrogen) atoms. The summed E-state index contributed by atoms with van der Waals surface area (Å²) in [5, 5.41) is 3.58. The summed E-state index contributed by atoms with van der Waals surface area (Å²) in [5.41, 5.74) is 0.581. The molecular weight excluding hydrogens is 226 g/mol. The molecule has 0 bridgehead atoms. The third-order valence-electron chi connectivity index (χ3n) is 2.55. The highest BCUT2D eigenvalue weighted by Gasteiger charge is 2.40. The fraction of sp³-hybridized carbons (Fsp3) is 0.545. The fourth-order valence-corrected chi connectivity index (χ4v) is 1.49. The molecule has 1 aliphatic carbocycles. The first-order valence-corrected chi connectivity index (χ1v) is 5.34. The van der Waals surface area contributed by atoms with E-state index in [9.17, 15) is 9.59 Å². The van der Waals surface area contributed by atoms with Crippen LogP contribution < -0.4 is 0 Å². The monoisotopic (exact) mass is 239 g/mol. The van der Waals surface area contributed by atoms with E-state index in [1.54, 1.807) is 6.92 Å². The molecule has 1 aromatic heterocycles. The van der Waals surface area contributed by atoms with E-state index in [2.05, 4.69) is 9.89 Å². The normalized spacial score (nSPS) is 16.4. The van der Waals surface area contributed by atoms with Crippen LogP contribution in [0.1, 0.15) is 29.1 Å². The molecule has 0 N–H and O–H groups in total. The Morgan fingerprint density at radius 3 is 2.71 bits per heavy atom. The van der Waals surface area contributed by atoms with Gasteiger partial charge in [0.2, 0.25) is 11.9 Å². The zero-order valence-electron chi connectivity index (χ0n) is 9.63. The SMILES string of the molecule is COC(=O)C(OC(=O)c1cc(C)no1)C1CC1. The van der Waals surface area contributed by atoms with Gasteiger partial charge in [0.25, 0.3) is 0 Å². The average Bonchev–Trinajstić information content (AvgIpc) is 3.06. The molecule has 0 amide bonds. The predicted molar refractivity (Wildman–Crippen MR) is 55.2 cm³/mol. The minimum Gasteiger partial charge on any atom is -0.466 e. The van der Waals surface area contributed by atoms with Crippen LogP contribution in [0.3, 0.4) is 0 Å². The van der Waals surface area contributed by atoms with Crippen molar-refractivity contribution in [2.45, 2.75) is 25.9 Å². The maximum absolute atomic E-state index is 11.7. The number of hydrogen-bond acceptors (Lipinski definition) is 6. The molecule has 0 spiro atoms. The summed E-state index contributed by atoms with van der Waals surface area (Å²) < 4.78 is 14.4. The summed E-state index contributed by atoms with van der Waals surface area (Å²) >= 11 is 0. The largest absolute Gasteiger partial charge is 0.466 e. The molecule has 1 aromatic rings. The Hall–Kier alpha value is -1.85. The van der Waals surface area contributed by atoms with E-state index in [1.165, 1.54) is 13.2 Å². The van der Waals surface area contributed by atoms with Crippen molar-refractivity contribution < 1.29 is 23.6 Å². The van der Waals surface area contributed by atoms with Crippen molar-refractivity contribution in [1.82, 2.24) is 5.16 Å². The van der Waals surface area contributed by atoms with E-state index in [1.807, 2.05) is 0 Å². The minimum atomic E-state index is -0.835. The van der Waals surface area contributed by atoms with Gasteiger partial charge in [0.15, 0.2) is 0 Å². The summed E-state index contributed by atoms with van der Waals surface area (Å²) in [4.78, 5) is 23.1. The number of rotatable bonds is 4. The molecule has 6 nitrogen and oxygen atoms in total. The van der Waals surface area contributed by atoms with Crippen LogP contribution in [-0.2, 0) is 14.3 Å². The van der Waals surface area contributed by atoms with Crippen molar-refractivity contribution in [2.24, 2.45) is 5.92 Å². The maximum Gasteiger partial charge on any atom is 0.378 e. The number of methoxy groups -OCH3 is 1. The first kappa shape index (κ1) is 11.6. The van der Waals surface area contributed by atoms with E-state index >= 15 is 0 Å². The van der Waals surface area contributed by atoms with Crippen molar-refractivity contribution in [3.05, 3.63) is 17.5 Å². The van der Waals surface area contributed by atoms with Crippen LogP contribution in [0.5, 0.6) is 0 Å². The second kappa shape index (κ2) is 4.57. The average molecular weight is 239 g/mol. The van der Waals surface area contributed by atoms with Crippen molar-refractivity contribution in [2.75, 3.05) is 7.11 Å². The molecule has 1 unspecified atom stereocenters. The van der Waals surface area contributed by atoms with Gasteiger partial charge in [-0.3, -0.25) is 0 Å². The van der Waals surface area contributed by atoms with E-state index in [-0.39, 0.29) is 11.7 Å². The molecule has 2 rings (SSSR count). The van der Waals surface area contributed by atoms with Crippen LogP contribution in [-0.4, -0.2) is 30.3 Å². The van der Waals surface area contributed by atoms with Crippen LogP contribution in [0.25, 0.3) is 0 Å². The number of carbonyl (C=O) groups excluding carboxylic acids is 2. The maximum atomic E-state index is 11.7. The van der Waals surface area contributed by atoms with E-state index in [0.29, 0.717) is 5.69 Å². The van der Waals surface area contributed by atoms with Gasteiger partial charge >= 0.3 is 11.9 Å². The minimum absolute atomic E-state index is 0.00273. The molecule has 1 saturated carbocycles. The summed E-state index contributed by atoms with van der Waals surface area (Å²) in [7, 11) is 1.27. The first-order valence-electron chi connectivity index (χ1n) is 5.34. The van der Waals surface area contributed by atoms with Gasteiger partial charge in [0.05, 0.1) is 12.8 Å². The molecule has 0 saturated heterocycles. The van der Waals surface area contributed by atoms with Gasteiger partial charge in [-0.05, 0) is 19.8 Å². The predicted octanol–water partition coefficient (Wildman–Crippen LogP) is 1.09. The molecule has 0 aromatic carbocycles. The lowest BCUT2D eigenvalue weighted by Crippen LogP contribution is -2.30. The first-order chi connectivity index (χ1) is 8.11. The highest BCUT2D eigenvalue weighted by Crippen LogP contribution is 2.35. The Kier molecular flexibility index (Phi) is 3.12. The second-order valence-corrected chi connectivity index (χ2v) is 4.02. The van der Waals surface area contributed by atoms with Gasteiger partial charge in [0, 0.05) is 12.0 Å². The van der Waals surface area contributed by atoms with E-state index in [4.69, 9.17) is 9.26 Å². The van der Waals surface area contributed by atoms with Gasteiger partial charge in [-0.1, -0.05) is 5.16 Å². The lowest BCUT2D eigenvalue weighted by atomic mass is 10.2. The third kappa shape index (κ3) is 2.64. The van der Waals surface area contributed by atoms with Gasteiger partial charge in [-0.2, -0.15) is 0 Å². The lowest BCUT2D eigenvalue weighted by molar-refractivity contribution is -0.152. The van der Waals surface area contributed by atoms with Gasteiger partial charge in [0.1, 0.15) is 0 Å². The van der Waals surface area contributed by atoms with Crippen molar-refractivity contribution in [1.29, 1.82) is 0 Å². The topological polar surface area (TPSA) is 78.6 Å². The molecule has 0 aliphatic heterocycles. The summed E-state index contributed by atoms with van der Waals surface area (Å²) in [6.45, 7) is 1.69. The fourth-order valence-electron chi connectivity index (χ4n) is 1.49. The van der Waals surface area contributed by atoms with E-state index < -0.39 is 18.0 Å². The molecule has 0 radical (unpaired) electrons. The Bertz CT molecular complexity index is 435. The molecule has 1 atom stereocenters. The van der Waals surface area contributed by atoms with Gasteiger partial charge < -0.3 is 14.0 Å². The smallest absolute Gasteiger partial charge is 0.378 e. The molecule has 1 fully saturated rings. The van der Waals surface area contributed by atoms with Crippen molar-refractivity contribution in [3.8, 4) is 0 Å². The molecule has 1 aliphatic rings. The molecule has 92 valence electrons. The number of carbonyl (C=O) groups is 2. The van der Waals surface area contributed by atoms with Crippen molar-refractivity contribution >= 4 is 11.9 Å². The summed E-state index contributed by atoms with van der Waals surface area (Å²) in [6.07, 6.45) is 0.892. The number of ether oxygens (including phenoxy) is 2. The number of aromatic nitrogens is 1. The van der Waals surface area contributed by atoms with Crippen LogP contribution in [0.2, 0.25) is 0 Å². The lowest BCUT2D eigenvalue weighted by Gasteiger charge is -2.13. The van der Waals surface area contributed by atoms with Crippen LogP contribution in [0, 0.1) is 12.8 Å². The highest BCUT2D eigenvalue weighted by atomic mass is 16.6. The number of hydrogen-bond donors (Lipinski definition) is 0.